The van der Waals surface area contributed by atoms with Gasteiger partial charge < -0.3 is 10.3 Å². The van der Waals surface area contributed by atoms with E-state index in [1.165, 1.54) is 19.1 Å². The molecule has 29 heavy (non-hydrogen) atoms. The number of hydrogen-bond donors (Lipinski definition) is 2. The maximum absolute atomic E-state index is 12.8. The predicted octanol–water partition coefficient (Wildman–Crippen LogP) is 3.65. The first kappa shape index (κ1) is 21.3. The van der Waals surface area contributed by atoms with Crippen LogP contribution in [0.3, 0.4) is 0 Å². The van der Waals surface area contributed by atoms with E-state index < -0.39 is 10.0 Å². The Morgan fingerprint density at radius 3 is 2.10 bits per heavy atom. The molecular formula is C21H27N3O4S. The number of amides is 1. The van der Waals surface area contributed by atoms with Crippen molar-refractivity contribution in [3.05, 3.63) is 46.8 Å². The van der Waals surface area contributed by atoms with Gasteiger partial charge in [-0.2, -0.15) is 4.31 Å². The number of nitrogens with one attached hydrogen (secondary N) is 2. The summed E-state index contributed by atoms with van der Waals surface area (Å²) in [6, 6.07) is 6.20. The summed E-state index contributed by atoms with van der Waals surface area (Å²) in [7, 11) is -3.52. The summed E-state index contributed by atoms with van der Waals surface area (Å²) in [4.78, 5) is 27.6. The Bertz CT molecular complexity index is 1010. The van der Waals surface area contributed by atoms with Gasteiger partial charge in [0.15, 0.2) is 5.78 Å². The summed E-state index contributed by atoms with van der Waals surface area (Å²) in [5.41, 5.74) is 2.59. The molecule has 0 unspecified atom stereocenters. The molecule has 2 aromatic rings. The zero-order valence-corrected chi connectivity index (χ0v) is 17.9. The zero-order chi connectivity index (χ0) is 21.2. The summed E-state index contributed by atoms with van der Waals surface area (Å²) < 4.78 is 27.2. The number of aryl methyl sites for hydroxylation is 1. The van der Waals surface area contributed by atoms with Crippen LogP contribution in [0.5, 0.6) is 0 Å². The van der Waals surface area contributed by atoms with Crippen LogP contribution in [0.1, 0.15) is 64.7 Å². The SMILES string of the molecule is CC(=O)c1c(C)[nH]c(C(=O)Nc2ccc(S(=O)(=O)N3CCCCCC3)cc2)c1C. The standard InChI is InChI=1S/C21H27N3O4S/c1-14-19(16(3)25)15(2)22-20(14)21(26)23-17-8-10-18(11-9-17)29(27,28)24-12-6-4-5-7-13-24/h8-11,22H,4-7,12-13H2,1-3H3,(H,23,26). The highest BCUT2D eigenvalue weighted by Crippen LogP contribution is 2.23. The molecule has 156 valence electrons. The van der Waals surface area contributed by atoms with Crippen LogP contribution in [0.25, 0.3) is 0 Å². The van der Waals surface area contributed by atoms with Gasteiger partial charge in [0.05, 0.1) is 4.90 Å². The fraction of sp³-hybridized carbons (Fsp3) is 0.429. The number of carbonyl (C=O) groups excluding carboxylic acids is 2. The molecule has 0 atom stereocenters. The maximum Gasteiger partial charge on any atom is 0.272 e. The van der Waals surface area contributed by atoms with Gasteiger partial charge in [0.25, 0.3) is 5.91 Å². The molecule has 1 amide bonds. The molecule has 7 nitrogen and oxygen atoms in total. The van der Waals surface area contributed by atoms with Crippen molar-refractivity contribution in [1.29, 1.82) is 0 Å². The van der Waals surface area contributed by atoms with Crippen LogP contribution in [-0.4, -0.2) is 42.5 Å². The van der Waals surface area contributed by atoms with Crippen LogP contribution in [0, 0.1) is 13.8 Å². The highest BCUT2D eigenvalue weighted by atomic mass is 32.2. The largest absolute Gasteiger partial charge is 0.354 e. The average molecular weight is 418 g/mol. The first-order valence-electron chi connectivity index (χ1n) is 9.83. The molecule has 2 N–H and O–H groups in total. The van der Waals surface area contributed by atoms with Crippen molar-refractivity contribution in [3.8, 4) is 0 Å². The van der Waals surface area contributed by atoms with Gasteiger partial charge in [0.2, 0.25) is 10.0 Å². The lowest BCUT2D eigenvalue weighted by molar-refractivity contribution is 0.101. The molecule has 0 aliphatic carbocycles. The number of H-pyrrole nitrogens is 1. The average Bonchev–Trinajstić information content (AvgIpc) is 2.85. The molecule has 0 radical (unpaired) electrons. The molecule has 1 saturated heterocycles. The van der Waals surface area contributed by atoms with Gasteiger partial charge in [0, 0.05) is 30.0 Å². The minimum Gasteiger partial charge on any atom is -0.354 e. The monoisotopic (exact) mass is 417 g/mol. The minimum absolute atomic E-state index is 0.0987. The fourth-order valence-corrected chi connectivity index (χ4v) is 5.36. The zero-order valence-electron chi connectivity index (χ0n) is 17.0. The molecule has 0 spiro atoms. The Balaban J connectivity index is 1.76. The number of Topliss-reactive ketones (excluding diaryl/α,β-unsaturated/α-hetero) is 1. The van der Waals surface area contributed by atoms with Gasteiger partial charge in [-0.1, -0.05) is 12.8 Å². The number of ketones is 1. The van der Waals surface area contributed by atoms with Crippen LogP contribution >= 0.6 is 0 Å². The van der Waals surface area contributed by atoms with Gasteiger partial charge in [0.1, 0.15) is 5.69 Å². The molecule has 0 bridgehead atoms. The second-order valence-corrected chi connectivity index (χ2v) is 9.42. The third-order valence-corrected chi connectivity index (χ3v) is 7.24. The molecule has 1 aliphatic heterocycles. The lowest BCUT2D eigenvalue weighted by Crippen LogP contribution is -2.31. The van der Waals surface area contributed by atoms with Crippen LogP contribution < -0.4 is 5.32 Å². The molecule has 1 aliphatic rings. The van der Waals surface area contributed by atoms with E-state index in [1.807, 2.05) is 0 Å². The second-order valence-electron chi connectivity index (χ2n) is 7.48. The molecule has 8 heteroatoms. The Morgan fingerprint density at radius 1 is 1.00 bits per heavy atom. The molecule has 3 rings (SSSR count). The quantitative estimate of drug-likeness (QED) is 0.725. The van der Waals surface area contributed by atoms with E-state index in [0.29, 0.717) is 41.3 Å². The number of anilines is 1. The third-order valence-electron chi connectivity index (χ3n) is 5.33. The fourth-order valence-electron chi connectivity index (χ4n) is 3.84. The molecule has 1 aromatic heterocycles. The van der Waals surface area contributed by atoms with E-state index in [0.717, 1.165) is 25.7 Å². The van der Waals surface area contributed by atoms with Crippen LogP contribution in [0.2, 0.25) is 0 Å². The van der Waals surface area contributed by atoms with Crippen molar-refractivity contribution in [2.45, 2.75) is 51.3 Å². The Hall–Kier alpha value is -2.45. The van der Waals surface area contributed by atoms with Crippen molar-refractivity contribution in [2.75, 3.05) is 18.4 Å². The van der Waals surface area contributed by atoms with Gasteiger partial charge >= 0.3 is 0 Å². The summed E-state index contributed by atoms with van der Waals surface area (Å²) in [6.07, 6.45) is 3.87. The number of sulfonamides is 1. The molecule has 0 saturated carbocycles. The molecule has 1 aromatic carbocycles. The van der Waals surface area contributed by atoms with Crippen LogP contribution in [-0.2, 0) is 10.0 Å². The van der Waals surface area contributed by atoms with E-state index in [4.69, 9.17) is 0 Å². The Morgan fingerprint density at radius 2 is 1.59 bits per heavy atom. The second kappa shape index (κ2) is 8.51. The summed E-state index contributed by atoms with van der Waals surface area (Å²) in [5, 5.41) is 2.76. The summed E-state index contributed by atoms with van der Waals surface area (Å²) in [6.45, 7) is 6.04. The first-order chi connectivity index (χ1) is 13.7. The number of aromatic amines is 1. The maximum atomic E-state index is 12.8. The van der Waals surface area contributed by atoms with E-state index in [2.05, 4.69) is 10.3 Å². The number of benzene rings is 1. The number of carbonyl (C=O) groups is 2. The van der Waals surface area contributed by atoms with Crippen molar-refractivity contribution in [1.82, 2.24) is 9.29 Å². The third kappa shape index (κ3) is 4.43. The van der Waals surface area contributed by atoms with Gasteiger partial charge in [-0.15, -0.1) is 0 Å². The van der Waals surface area contributed by atoms with Gasteiger partial charge in [-0.05, 0) is 63.4 Å². The lowest BCUT2D eigenvalue weighted by atomic mass is 10.1. The first-order valence-corrected chi connectivity index (χ1v) is 11.3. The topological polar surface area (TPSA) is 99.3 Å². The van der Waals surface area contributed by atoms with Crippen LogP contribution in [0.4, 0.5) is 5.69 Å². The number of nitrogens with zero attached hydrogens (tertiary/aromatic N) is 1. The number of hydrogen-bond acceptors (Lipinski definition) is 4. The molecule has 2 heterocycles. The molecular weight excluding hydrogens is 390 g/mol. The van der Waals surface area contributed by atoms with Crippen molar-refractivity contribution >= 4 is 27.4 Å². The van der Waals surface area contributed by atoms with Crippen LogP contribution in [0.15, 0.2) is 29.2 Å². The highest BCUT2D eigenvalue weighted by molar-refractivity contribution is 7.89. The minimum atomic E-state index is -3.52. The van der Waals surface area contributed by atoms with E-state index >= 15 is 0 Å². The number of aromatic nitrogens is 1. The van der Waals surface area contributed by atoms with E-state index in [1.54, 1.807) is 30.3 Å². The van der Waals surface area contributed by atoms with Crippen molar-refractivity contribution in [3.63, 3.8) is 0 Å². The molecule has 1 fully saturated rings. The van der Waals surface area contributed by atoms with Crippen molar-refractivity contribution < 1.29 is 18.0 Å². The smallest absolute Gasteiger partial charge is 0.272 e. The number of rotatable bonds is 5. The van der Waals surface area contributed by atoms with Crippen molar-refractivity contribution in [2.24, 2.45) is 0 Å². The Labute approximate surface area is 171 Å². The van der Waals surface area contributed by atoms with Gasteiger partial charge in [-0.3, -0.25) is 9.59 Å². The van der Waals surface area contributed by atoms with E-state index in [9.17, 15) is 18.0 Å². The normalized spacial score (nSPS) is 15.7. The highest BCUT2D eigenvalue weighted by Gasteiger charge is 2.25. The lowest BCUT2D eigenvalue weighted by Gasteiger charge is -2.20. The predicted molar refractivity (Wildman–Crippen MR) is 112 cm³/mol. The summed E-state index contributed by atoms with van der Waals surface area (Å²) in [5.74, 6) is -0.473. The Kier molecular flexibility index (Phi) is 6.24. The van der Waals surface area contributed by atoms with Gasteiger partial charge in [-0.25, -0.2) is 8.42 Å². The summed E-state index contributed by atoms with van der Waals surface area (Å²) >= 11 is 0. The van der Waals surface area contributed by atoms with E-state index in [-0.39, 0.29) is 16.6 Å².